The molecule has 2 aromatic heterocycles. The lowest BCUT2D eigenvalue weighted by molar-refractivity contribution is 0.107. The molecule has 11 heteroatoms. The van der Waals surface area contributed by atoms with Crippen molar-refractivity contribution >= 4 is 33.9 Å². The third kappa shape index (κ3) is 2.98. The number of halogens is 2. The van der Waals surface area contributed by atoms with Crippen molar-refractivity contribution in [3.63, 3.8) is 0 Å². The van der Waals surface area contributed by atoms with E-state index < -0.39 is 6.17 Å². The van der Waals surface area contributed by atoms with Gasteiger partial charge in [-0.3, -0.25) is 4.90 Å². The Morgan fingerprint density at radius 1 is 1.31 bits per heavy atom. The van der Waals surface area contributed by atoms with Crippen LogP contribution in [0.5, 0.6) is 6.01 Å². The van der Waals surface area contributed by atoms with E-state index in [1.807, 2.05) is 4.90 Å². The maximum absolute atomic E-state index is 14.0. The van der Waals surface area contributed by atoms with Gasteiger partial charge in [0.1, 0.15) is 23.8 Å². The quantitative estimate of drug-likeness (QED) is 0.719. The van der Waals surface area contributed by atoms with E-state index in [0.29, 0.717) is 49.2 Å². The van der Waals surface area contributed by atoms with Crippen molar-refractivity contribution in [3.8, 4) is 12.1 Å². The molecule has 5 heterocycles. The molecule has 2 aromatic rings. The standard InChI is InChI=1S/C21H23ClFN7OS/c22-17-26-18(28-19(27-17)31-11-21-3-1-5-30(21)8-12(23)6-21)29-9-20(10-29)4-2-14-15(20)13(7-24)16(25)32-14/h12H,1-6,8-11,25H2/t12-,21+/m1/s1. The van der Waals surface area contributed by atoms with E-state index in [-0.39, 0.29) is 22.2 Å². The number of aryl methyl sites for hydroxylation is 1. The van der Waals surface area contributed by atoms with Gasteiger partial charge in [-0.25, -0.2) is 4.39 Å². The molecule has 168 valence electrons. The molecular formula is C21H23ClFN7OS. The molecular weight excluding hydrogens is 453 g/mol. The zero-order chi connectivity index (χ0) is 22.1. The number of nitrogen functional groups attached to an aromatic ring is 1. The second-order valence-corrected chi connectivity index (χ2v) is 10.9. The lowest BCUT2D eigenvalue weighted by atomic mass is 9.74. The Kier molecular flexibility index (Phi) is 4.55. The predicted molar refractivity (Wildman–Crippen MR) is 119 cm³/mol. The smallest absolute Gasteiger partial charge is 0.322 e. The van der Waals surface area contributed by atoms with Crippen molar-refractivity contribution in [1.29, 1.82) is 5.26 Å². The summed E-state index contributed by atoms with van der Waals surface area (Å²) in [6.45, 7) is 3.13. The van der Waals surface area contributed by atoms with E-state index in [0.717, 1.165) is 37.8 Å². The molecule has 2 N–H and O–H groups in total. The monoisotopic (exact) mass is 475 g/mol. The molecule has 0 unspecified atom stereocenters. The molecule has 3 fully saturated rings. The number of hydrogen-bond acceptors (Lipinski definition) is 9. The van der Waals surface area contributed by atoms with Crippen LogP contribution in [0.15, 0.2) is 0 Å². The lowest BCUT2D eigenvalue weighted by Gasteiger charge is -2.48. The van der Waals surface area contributed by atoms with Crippen molar-refractivity contribution in [2.75, 3.05) is 43.4 Å². The van der Waals surface area contributed by atoms with Crippen molar-refractivity contribution in [2.24, 2.45) is 0 Å². The minimum Gasteiger partial charge on any atom is -0.461 e. The maximum Gasteiger partial charge on any atom is 0.322 e. The van der Waals surface area contributed by atoms with Gasteiger partial charge in [-0.2, -0.15) is 20.2 Å². The van der Waals surface area contributed by atoms with Crippen molar-refractivity contribution in [1.82, 2.24) is 19.9 Å². The molecule has 0 radical (unpaired) electrons. The largest absolute Gasteiger partial charge is 0.461 e. The van der Waals surface area contributed by atoms with Crippen LogP contribution in [-0.2, 0) is 11.8 Å². The zero-order valence-corrected chi connectivity index (χ0v) is 19.1. The molecule has 2 atom stereocenters. The van der Waals surface area contributed by atoms with Gasteiger partial charge in [0.2, 0.25) is 11.2 Å². The normalized spacial score (nSPS) is 27.9. The number of nitrogens with two attached hydrogens (primary N) is 1. The van der Waals surface area contributed by atoms with Gasteiger partial charge in [0.25, 0.3) is 0 Å². The van der Waals surface area contributed by atoms with Crippen molar-refractivity contribution < 1.29 is 9.13 Å². The fraction of sp³-hybridized carbons (Fsp3) is 0.619. The average molecular weight is 476 g/mol. The molecule has 1 spiro atoms. The van der Waals surface area contributed by atoms with Gasteiger partial charge in [0.05, 0.1) is 11.1 Å². The number of thiophene rings is 1. The molecule has 1 aliphatic carbocycles. The van der Waals surface area contributed by atoms with Gasteiger partial charge in [-0.15, -0.1) is 11.3 Å². The third-order valence-corrected chi connectivity index (χ3v) is 8.81. The summed E-state index contributed by atoms with van der Waals surface area (Å²) in [5.41, 5.74) is 7.45. The number of hydrogen-bond donors (Lipinski definition) is 1. The first kappa shape index (κ1) is 20.4. The first-order chi connectivity index (χ1) is 15.4. The lowest BCUT2D eigenvalue weighted by Crippen LogP contribution is -2.59. The Hall–Kier alpha value is -2.22. The van der Waals surface area contributed by atoms with Crippen molar-refractivity contribution in [2.45, 2.75) is 49.2 Å². The molecule has 0 bridgehead atoms. The third-order valence-electron chi connectivity index (χ3n) is 7.56. The fourth-order valence-corrected chi connectivity index (χ4v) is 7.43. The molecule has 3 aliphatic heterocycles. The Morgan fingerprint density at radius 3 is 2.97 bits per heavy atom. The van der Waals surface area contributed by atoms with E-state index in [2.05, 4.69) is 25.9 Å². The summed E-state index contributed by atoms with van der Waals surface area (Å²) < 4.78 is 20.0. The number of alkyl halides is 1. The number of nitrogens with zero attached hydrogens (tertiary/aromatic N) is 6. The van der Waals surface area contributed by atoms with Crippen LogP contribution in [0.25, 0.3) is 0 Å². The summed E-state index contributed by atoms with van der Waals surface area (Å²) in [5.74, 6) is 0.469. The predicted octanol–water partition coefficient (Wildman–Crippen LogP) is 2.70. The maximum atomic E-state index is 14.0. The topological polar surface area (TPSA) is 104 Å². The Morgan fingerprint density at radius 2 is 2.16 bits per heavy atom. The summed E-state index contributed by atoms with van der Waals surface area (Å²) in [7, 11) is 0. The molecule has 0 amide bonds. The Balaban J connectivity index is 1.19. The minimum atomic E-state index is -0.811. The highest BCUT2D eigenvalue weighted by molar-refractivity contribution is 7.16. The van der Waals surface area contributed by atoms with Crippen LogP contribution in [0.2, 0.25) is 5.28 Å². The van der Waals surface area contributed by atoms with Gasteiger partial charge in [0.15, 0.2) is 0 Å². The summed E-state index contributed by atoms with van der Waals surface area (Å²) in [5, 5.41) is 10.3. The second kappa shape index (κ2) is 7.14. The van der Waals surface area contributed by atoms with E-state index in [1.165, 1.54) is 16.2 Å². The van der Waals surface area contributed by atoms with Crippen molar-refractivity contribution in [3.05, 3.63) is 21.3 Å². The van der Waals surface area contributed by atoms with Crippen LogP contribution in [0.3, 0.4) is 0 Å². The van der Waals surface area contributed by atoms with Gasteiger partial charge < -0.3 is 15.4 Å². The SMILES string of the molecule is N#Cc1c(N)sc2c1C1(CC2)CN(c2nc(Cl)nc(OC[C@@]34CCCN3C[C@H](F)C4)n2)C1. The molecule has 6 rings (SSSR count). The number of fused-ring (bicyclic) bond motifs is 3. The fourth-order valence-electron chi connectivity index (χ4n) is 6.14. The van der Waals surface area contributed by atoms with Crippen LogP contribution in [-0.4, -0.2) is 64.3 Å². The molecule has 0 saturated carbocycles. The van der Waals surface area contributed by atoms with Gasteiger partial charge in [-0.05, 0) is 49.4 Å². The number of anilines is 2. The van der Waals surface area contributed by atoms with E-state index in [4.69, 9.17) is 22.1 Å². The van der Waals surface area contributed by atoms with Crippen LogP contribution >= 0.6 is 22.9 Å². The van der Waals surface area contributed by atoms with E-state index >= 15 is 0 Å². The first-order valence-electron chi connectivity index (χ1n) is 10.9. The van der Waals surface area contributed by atoms with Crippen LogP contribution in [0.1, 0.15) is 41.7 Å². The van der Waals surface area contributed by atoms with E-state index in [1.54, 1.807) is 0 Å². The van der Waals surface area contributed by atoms with Crippen LogP contribution < -0.4 is 15.4 Å². The summed E-state index contributed by atoms with van der Waals surface area (Å²) in [4.78, 5) is 18.4. The minimum absolute atomic E-state index is 0.0751. The second-order valence-electron chi connectivity index (χ2n) is 9.44. The summed E-state index contributed by atoms with van der Waals surface area (Å²) in [6, 6.07) is 2.47. The highest BCUT2D eigenvalue weighted by atomic mass is 35.5. The van der Waals surface area contributed by atoms with Gasteiger partial charge >= 0.3 is 6.01 Å². The van der Waals surface area contributed by atoms with Gasteiger partial charge in [-0.1, -0.05) is 0 Å². The summed E-state index contributed by atoms with van der Waals surface area (Å²) in [6.07, 6.45) is 3.58. The van der Waals surface area contributed by atoms with E-state index in [9.17, 15) is 9.65 Å². The van der Waals surface area contributed by atoms with Crippen LogP contribution in [0.4, 0.5) is 15.3 Å². The Labute approximate surface area is 194 Å². The molecule has 32 heavy (non-hydrogen) atoms. The number of aromatic nitrogens is 3. The number of ether oxygens (including phenoxy) is 1. The van der Waals surface area contributed by atoms with Gasteiger partial charge in [0, 0.05) is 36.3 Å². The Bertz CT molecular complexity index is 1130. The average Bonchev–Trinajstić information content (AvgIpc) is 3.43. The number of nitriles is 1. The first-order valence-corrected chi connectivity index (χ1v) is 12.1. The molecule has 0 aromatic carbocycles. The number of rotatable bonds is 4. The molecule has 3 saturated heterocycles. The molecule has 8 nitrogen and oxygen atoms in total. The molecule has 4 aliphatic rings. The highest BCUT2D eigenvalue weighted by Gasteiger charge is 2.52. The zero-order valence-electron chi connectivity index (χ0n) is 17.5. The summed E-state index contributed by atoms with van der Waals surface area (Å²) >= 11 is 7.72. The van der Waals surface area contributed by atoms with Crippen LogP contribution in [0, 0.1) is 11.3 Å². The highest BCUT2D eigenvalue weighted by Crippen LogP contribution is 2.52.